The third-order valence-electron chi connectivity index (χ3n) is 7.64. The molecular weight excluding hydrogens is 426 g/mol. The Morgan fingerprint density at radius 3 is 2.53 bits per heavy atom. The highest BCUT2D eigenvalue weighted by molar-refractivity contribution is 6.03. The predicted octanol–water partition coefficient (Wildman–Crippen LogP) is 5.23. The summed E-state index contributed by atoms with van der Waals surface area (Å²) in [5, 5.41) is 3.35. The number of furan rings is 1. The van der Waals surface area contributed by atoms with Crippen molar-refractivity contribution in [3.05, 3.63) is 59.5 Å². The van der Waals surface area contributed by atoms with Crippen molar-refractivity contribution >= 4 is 22.9 Å². The second-order valence-corrected chi connectivity index (χ2v) is 10.2. The SMILES string of the molecule is Cc1cc2c(cc3n2C[C@@](C)(C(=O)NC2CCCCCCC2)N(CCc2ccccc2)C3=O)o1. The highest BCUT2D eigenvalue weighted by atomic mass is 16.3. The number of aromatic nitrogens is 1. The van der Waals surface area contributed by atoms with Gasteiger partial charge in [-0.25, -0.2) is 0 Å². The first-order chi connectivity index (χ1) is 16.5. The maximum absolute atomic E-state index is 13.9. The largest absolute Gasteiger partial charge is 0.460 e. The number of hydrogen-bond acceptors (Lipinski definition) is 3. The molecule has 2 aromatic heterocycles. The van der Waals surface area contributed by atoms with Gasteiger partial charge >= 0.3 is 0 Å². The zero-order valence-corrected chi connectivity index (χ0v) is 20.3. The number of amides is 2. The minimum absolute atomic E-state index is 0.0489. The third kappa shape index (κ3) is 4.26. The van der Waals surface area contributed by atoms with Crippen LogP contribution in [0.5, 0.6) is 0 Å². The Morgan fingerprint density at radius 1 is 1.09 bits per heavy atom. The lowest BCUT2D eigenvalue weighted by atomic mass is 9.91. The molecule has 0 radical (unpaired) electrons. The number of nitrogens with one attached hydrogen (secondary N) is 1. The molecule has 1 aliphatic heterocycles. The van der Waals surface area contributed by atoms with Crippen LogP contribution in [0, 0.1) is 6.92 Å². The number of rotatable bonds is 5. The van der Waals surface area contributed by atoms with Crippen LogP contribution < -0.4 is 5.32 Å². The zero-order valence-electron chi connectivity index (χ0n) is 20.3. The van der Waals surface area contributed by atoms with Gasteiger partial charge in [-0.05, 0) is 38.7 Å². The molecule has 0 saturated heterocycles. The van der Waals surface area contributed by atoms with Crippen LogP contribution in [0.2, 0.25) is 0 Å². The highest BCUT2D eigenvalue weighted by Crippen LogP contribution is 2.34. The molecular formula is C28H35N3O3. The van der Waals surface area contributed by atoms with Gasteiger partial charge in [0, 0.05) is 24.7 Å². The fourth-order valence-electron chi connectivity index (χ4n) is 5.64. The first-order valence-corrected chi connectivity index (χ1v) is 12.7. The number of aryl methyl sites for hydroxylation is 1. The maximum atomic E-state index is 13.9. The van der Waals surface area contributed by atoms with Gasteiger partial charge in [-0.15, -0.1) is 0 Å². The molecule has 2 amide bonds. The summed E-state index contributed by atoms with van der Waals surface area (Å²) in [5.74, 6) is 0.647. The molecule has 1 saturated carbocycles. The average molecular weight is 462 g/mol. The van der Waals surface area contributed by atoms with Crippen molar-refractivity contribution < 1.29 is 14.0 Å². The maximum Gasteiger partial charge on any atom is 0.271 e. The third-order valence-corrected chi connectivity index (χ3v) is 7.64. The van der Waals surface area contributed by atoms with E-state index in [2.05, 4.69) is 17.4 Å². The van der Waals surface area contributed by atoms with Gasteiger partial charge in [-0.1, -0.05) is 62.4 Å². The minimum atomic E-state index is -0.974. The van der Waals surface area contributed by atoms with Crippen LogP contribution in [0.15, 0.2) is 46.9 Å². The molecule has 1 aliphatic carbocycles. The molecule has 2 aliphatic rings. The Kier molecular flexibility index (Phi) is 6.24. The van der Waals surface area contributed by atoms with Crippen LogP contribution in [0.1, 0.15) is 73.7 Å². The fraction of sp³-hybridized carbons (Fsp3) is 0.500. The van der Waals surface area contributed by atoms with E-state index < -0.39 is 5.54 Å². The van der Waals surface area contributed by atoms with Crippen LogP contribution in [-0.4, -0.2) is 39.4 Å². The summed E-state index contributed by atoms with van der Waals surface area (Å²) in [6, 6.07) is 14.1. The van der Waals surface area contributed by atoms with Gasteiger partial charge < -0.3 is 19.2 Å². The lowest BCUT2D eigenvalue weighted by molar-refractivity contribution is -0.133. The summed E-state index contributed by atoms with van der Waals surface area (Å²) >= 11 is 0. The number of hydrogen-bond donors (Lipinski definition) is 1. The Hall–Kier alpha value is -3.02. The Morgan fingerprint density at radius 2 is 1.79 bits per heavy atom. The molecule has 3 heterocycles. The Bertz CT molecular complexity index is 1170. The molecule has 5 rings (SSSR count). The number of carbonyl (C=O) groups excluding carboxylic acids is 2. The summed E-state index contributed by atoms with van der Waals surface area (Å²) in [4.78, 5) is 29.5. The first kappa shape index (κ1) is 22.8. The van der Waals surface area contributed by atoms with Gasteiger partial charge in [0.15, 0.2) is 5.58 Å². The van der Waals surface area contributed by atoms with E-state index in [9.17, 15) is 9.59 Å². The van der Waals surface area contributed by atoms with Gasteiger partial charge in [-0.3, -0.25) is 9.59 Å². The van der Waals surface area contributed by atoms with E-state index in [-0.39, 0.29) is 17.9 Å². The summed E-state index contributed by atoms with van der Waals surface area (Å²) in [6.07, 6.45) is 8.78. The van der Waals surface area contributed by atoms with Crippen molar-refractivity contribution in [2.75, 3.05) is 6.54 Å². The van der Waals surface area contributed by atoms with Gasteiger partial charge in [0.1, 0.15) is 17.0 Å². The van der Waals surface area contributed by atoms with E-state index >= 15 is 0 Å². The molecule has 6 heteroatoms. The molecule has 1 aromatic carbocycles. The molecule has 0 unspecified atom stereocenters. The first-order valence-electron chi connectivity index (χ1n) is 12.7. The fourth-order valence-corrected chi connectivity index (χ4v) is 5.64. The summed E-state index contributed by atoms with van der Waals surface area (Å²) in [7, 11) is 0. The number of nitrogens with zero attached hydrogens (tertiary/aromatic N) is 2. The molecule has 1 N–H and O–H groups in total. The van der Waals surface area contributed by atoms with E-state index in [1.165, 1.54) is 19.3 Å². The Labute approximate surface area is 201 Å². The number of fused-ring (bicyclic) bond motifs is 3. The van der Waals surface area contributed by atoms with Crippen molar-refractivity contribution in [2.24, 2.45) is 0 Å². The van der Waals surface area contributed by atoms with Gasteiger partial charge in [0.25, 0.3) is 5.91 Å². The molecule has 3 aromatic rings. The van der Waals surface area contributed by atoms with Crippen LogP contribution in [0.4, 0.5) is 0 Å². The van der Waals surface area contributed by atoms with Crippen LogP contribution in [-0.2, 0) is 17.8 Å². The monoisotopic (exact) mass is 461 g/mol. The minimum Gasteiger partial charge on any atom is -0.460 e. The lowest BCUT2D eigenvalue weighted by Crippen LogP contribution is -2.65. The van der Waals surface area contributed by atoms with E-state index in [4.69, 9.17) is 4.42 Å². The normalized spacial score (nSPS) is 21.8. The second kappa shape index (κ2) is 9.32. The van der Waals surface area contributed by atoms with Crippen molar-refractivity contribution in [3.8, 4) is 0 Å². The van der Waals surface area contributed by atoms with Crippen molar-refractivity contribution in [2.45, 2.75) is 83.3 Å². The van der Waals surface area contributed by atoms with E-state index in [1.54, 1.807) is 4.90 Å². The number of carbonyl (C=O) groups is 2. The summed E-state index contributed by atoms with van der Waals surface area (Å²) < 4.78 is 7.79. The van der Waals surface area contributed by atoms with Crippen molar-refractivity contribution in [1.29, 1.82) is 0 Å². The molecule has 0 bridgehead atoms. The van der Waals surface area contributed by atoms with E-state index in [0.717, 1.165) is 42.5 Å². The van der Waals surface area contributed by atoms with Crippen LogP contribution >= 0.6 is 0 Å². The topological polar surface area (TPSA) is 67.5 Å². The van der Waals surface area contributed by atoms with Gasteiger partial charge in [0.05, 0.1) is 12.1 Å². The predicted molar refractivity (Wildman–Crippen MR) is 133 cm³/mol. The van der Waals surface area contributed by atoms with E-state index in [1.807, 2.05) is 48.7 Å². The summed E-state index contributed by atoms with van der Waals surface area (Å²) in [5.41, 5.74) is 2.36. The smallest absolute Gasteiger partial charge is 0.271 e. The standard InChI is InChI=1S/C28H35N3O3/c1-20-17-23-25(34-20)18-24-26(32)31(16-15-21-11-7-6-8-12-21)28(2,19-30(23)24)27(33)29-22-13-9-4-3-5-10-14-22/h6-8,11-12,17-18,22H,3-5,9-10,13-16,19H2,1-2H3,(H,29,33)/t28-/m0/s1. The van der Waals surface area contributed by atoms with Gasteiger partial charge in [-0.2, -0.15) is 0 Å². The Balaban J connectivity index is 1.46. The molecule has 180 valence electrons. The summed E-state index contributed by atoms with van der Waals surface area (Å²) in [6.45, 7) is 4.74. The average Bonchev–Trinajstić information content (AvgIpc) is 3.32. The molecule has 34 heavy (non-hydrogen) atoms. The van der Waals surface area contributed by atoms with Gasteiger partial charge in [0.2, 0.25) is 5.91 Å². The van der Waals surface area contributed by atoms with Crippen LogP contribution in [0.3, 0.4) is 0 Å². The molecule has 0 spiro atoms. The quantitative estimate of drug-likeness (QED) is 0.566. The molecule has 1 fully saturated rings. The van der Waals surface area contributed by atoms with Crippen LogP contribution in [0.25, 0.3) is 11.1 Å². The number of benzene rings is 1. The zero-order chi connectivity index (χ0) is 23.7. The van der Waals surface area contributed by atoms with Crippen molar-refractivity contribution in [1.82, 2.24) is 14.8 Å². The highest BCUT2D eigenvalue weighted by Gasteiger charge is 2.48. The molecule has 1 atom stereocenters. The lowest BCUT2D eigenvalue weighted by Gasteiger charge is -2.44. The second-order valence-electron chi connectivity index (χ2n) is 10.2. The van der Waals surface area contributed by atoms with E-state index in [0.29, 0.717) is 30.8 Å². The molecule has 6 nitrogen and oxygen atoms in total. The van der Waals surface area contributed by atoms with Crippen molar-refractivity contribution in [3.63, 3.8) is 0 Å².